The fourth-order valence-electron chi connectivity index (χ4n) is 1.78. The van der Waals surface area contributed by atoms with Crippen LogP contribution in [0.25, 0.3) is 0 Å². The van der Waals surface area contributed by atoms with Crippen molar-refractivity contribution in [2.45, 2.75) is 13.8 Å². The van der Waals surface area contributed by atoms with Crippen LogP contribution in [0, 0.1) is 0 Å². The second-order valence-corrected chi connectivity index (χ2v) is 3.98. The minimum Gasteiger partial charge on any atom is -0.491 e. The lowest BCUT2D eigenvalue weighted by atomic mass is 10.2. The third-order valence-corrected chi connectivity index (χ3v) is 2.36. The summed E-state index contributed by atoms with van der Waals surface area (Å²) in [6, 6.07) is 3.90. The normalized spacial score (nSPS) is 10.3. The molecule has 0 atom stereocenters. The van der Waals surface area contributed by atoms with E-state index in [2.05, 4.69) is 0 Å². The van der Waals surface area contributed by atoms with Gasteiger partial charge in [-0.25, -0.2) is 4.84 Å². The Balaban J connectivity index is 3.24. The van der Waals surface area contributed by atoms with E-state index < -0.39 is 0 Å². The van der Waals surface area contributed by atoms with E-state index in [0.717, 1.165) is 22.9 Å². The maximum atomic E-state index is 5.68. The van der Waals surface area contributed by atoms with Crippen LogP contribution in [0.4, 0.5) is 11.4 Å². The van der Waals surface area contributed by atoms with Gasteiger partial charge in [0.05, 0.1) is 20.3 Å². The van der Waals surface area contributed by atoms with Crippen LogP contribution >= 0.6 is 0 Å². The van der Waals surface area contributed by atoms with Gasteiger partial charge in [-0.2, -0.15) is 5.48 Å². The number of nitrogens with two attached hydrogens (primary N) is 1. The first-order valence-electron chi connectivity index (χ1n) is 6.11. The van der Waals surface area contributed by atoms with Gasteiger partial charge in [-0.3, -0.25) is 0 Å². The zero-order valence-electron chi connectivity index (χ0n) is 11.8. The van der Waals surface area contributed by atoms with Crippen LogP contribution in [0.15, 0.2) is 12.1 Å². The molecular formula is C13H23N2O3+. The Morgan fingerprint density at radius 1 is 1.06 bits per heavy atom. The van der Waals surface area contributed by atoms with Crippen LogP contribution < -0.4 is 19.9 Å². The van der Waals surface area contributed by atoms with Gasteiger partial charge in [0.1, 0.15) is 5.69 Å². The van der Waals surface area contributed by atoms with Crippen LogP contribution in [-0.2, 0) is 4.84 Å². The predicted molar refractivity (Wildman–Crippen MR) is 71.7 cm³/mol. The fraction of sp³-hybridized carbons (Fsp3) is 0.538. The Hall–Kier alpha value is -1.46. The SMILES string of the molecule is CCOc1cc([NH2+]OC)cc(OCC)c1N(C)C. The molecule has 0 aliphatic rings. The monoisotopic (exact) mass is 255 g/mol. The van der Waals surface area contributed by atoms with Crippen molar-refractivity contribution in [1.82, 2.24) is 0 Å². The lowest BCUT2D eigenvalue weighted by Gasteiger charge is -2.21. The van der Waals surface area contributed by atoms with E-state index in [4.69, 9.17) is 14.3 Å². The van der Waals surface area contributed by atoms with Crippen LogP contribution in [0.3, 0.4) is 0 Å². The Morgan fingerprint density at radius 2 is 1.56 bits per heavy atom. The molecule has 18 heavy (non-hydrogen) atoms. The summed E-state index contributed by atoms with van der Waals surface area (Å²) in [6.45, 7) is 5.16. The number of hydrogen-bond donors (Lipinski definition) is 1. The number of nitrogens with zero attached hydrogens (tertiary/aromatic N) is 1. The first-order valence-corrected chi connectivity index (χ1v) is 6.11. The molecule has 0 aliphatic carbocycles. The lowest BCUT2D eigenvalue weighted by molar-refractivity contribution is -0.830. The molecule has 1 rings (SSSR count). The molecule has 5 heteroatoms. The molecule has 2 N–H and O–H groups in total. The molecule has 0 saturated heterocycles. The van der Waals surface area contributed by atoms with Gasteiger partial charge in [-0.05, 0) is 13.8 Å². The van der Waals surface area contributed by atoms with Gasteiger partial charge in [0.2, 0.25) is 0 Å². The summed E-state index contributed by atoms with van der Waals surface area (Å²) in [5.41, 5.74) is 3.55. The van der Waals surface area contributed by atoms with E-state index in [1.54, 1.807) is 12.6 Å². The van der Waals surface area contributed by atoms with E-state index in [0.29, 0.717) is 13.2 Å². The molecule has 0 radical (unpaired) electrons. The van der Waals surface area contributed by atoms with Crippen molar-refractivity contribution in [2.75, 3.05) is 39.3 Å². The number of anilines is 1. The molecule has 0 spiro atoms. The molecule has 1 aromatic rings. The van der Waals surface area contributed by atoms with Crippen molar-refractivity contribution in [3.05, 3.63) is 12.1 Å². The first-order chi connectivity index (χ1) is 8.63. The maximum absolute atomic E-state index is 5.68. The van der Waals surface area contributed by atoms with E-state index in [-0.39, 0.29) is 0 Å². The molecule has 0 bridgehead atoms. The van der Waals surface area contributed by atoms with Gasteiger partial charge >= 0.3 is 0 Å². The highest BCUT2D eigenvalue weighted by Gasteiger charge is 2.17. The Morgan fingerprint density at radius 3 is 1.89 bits per heavy atom. The Bertz CT molecular complexity index is 353. The summed E-state index contributed by atoms with van der Waals surface area (Å²) in [7, 11) is 5.57. The average molecular weight is 255 g/mol. The number of benzene rings is 1. The fourth-order valence-corrected chi connectivity index (χ4v) is 1.78. The number of quaternary nitrogens is 1. The van der Waals surface area contributed by atoms with E-state index >= 15 is 0 Å². The van der Waals surface area contributed by atoms with E-state index in [9.17, 15) is 0 Å². The lowest BCUT2D eigenvalue weighted by Crippen LogP contribution is -2.75. The molecule has 0 heterocycles. The highest BCUT2D eigenvalue weighted by Crippen LogP contribution is 2.39. The first kappa shape index (κ1) is 14.6. The van der Waals surface area contributed by atoms with Crippen LogP contribution in [0.2, 0.25) is 0 Å². The van der Waals surface area contributed by atoms with Crippen LogP contribution in [0.1, 0.15) is 13.8 Å². The summed E-state index contributed by atoms with van der Waals surface area (Å²) in [5, 5.41) is 0. The average Bonchev–Trinajstić information content (AvgIpc) is 2.29. The van der Waals surface area contributed by atoms with Crippen LogP contribution in [-0.4, -0.2) is 34.4 Å². The van der Waals surface area contributed by atoms with Gasteiger partial charge < -0.3 is 14.4 Å². The molecule has 102 valence electrons. The molecule has 5 nitrogen and oxygen atoms in total. The van der Waals surface area contributed by atoms with Gasteiger partial charge in [0, 0.05) is 26.2 Å². The van der Waals surface area contributed by atoms with Crippen molar-refractivity contribution in [2.24, 2.45) is 0 Å². The molecular weight excluding hydrogens is 232 g/mol. The third kappa shape index (κ3) is 3.51. The van der Waals surface area contributed by atoms with Crippen molar-refractivity contribution in [3.8, 4) is 11.5 Å². The molecule has 0 fully saturated rings. The minimum absolute atomic E-state index is 0.614. The standard InChI is InChI=1S/C13H22N2O3/c1-6-17-11-8-10(14-16-5)9-12(18-7-2)13(11)15(3)4/h8-9,14H,6-7H2,1-5H3/p+1. The van der Waals surface area contributed by atoms with Gasteiger partial charge in [-0.15, -0.1) is 0 Å². The van der Waals surface area contributed by atoms with Gasteiger partial charge in [-0.1, -0.05) is 0 Å². The highest BCUT2D eigenvalue weighted by molar-refractivity contribution is 5.70. The zero-order chi connectivity index (χ0) is 13.5. The molecule has 1 aromatic carbocycles. The summed E-state index contributed by atoms with van der Waals surface area (Å²) in [5.74, 6) is 1.61. The van der Waals surface area contributed by atoms with Gasteiger partial charge in [0.15, 0.2) is 17.2 Å². The smallest absolute Gasteiger partial charge is 0.169 e. The van der Waals surface area contributed by atoms with Gasteiger partial charge in [0.25, 0.3) is 0 Å². The summed E-state index contributed by atoms with van der Waals surface area (Å²) in [6.07, 6.45) is 0. The number of ether oxygens (including phenoxy) is 2. The second-order valence-electron chi connectivity index (χ2n) is 3.98. The Labute approximate surface area is 109 Å². The van der Waals surface area contributed by atoms with Crippen molar-refractivity contribution in [3.63, 3.8) is 0 Å². The second kappa shape index (κ2) is 7.08. The molecule has 0 aliphatic heterocycles. The zero-order valence-corrected chi connectivity index (χ0v) is 11.8. The van der Waals surface area contributed by atoms with Crippen LogP contribution in [0.5, 0.6) is 11.5 Å². The number of hydrogen-bond acceptors (Lipinski definition) is 4. The summed E-state index contributed by atoms with van der Waals surface area (Å²) >= 11 is 0. The molecule has 0 unspecified atom stereocenters. The Kier molecular flexibility index (Phi) is 5.74. The molecule has 0 saturated carbocycles. The van der Waals surface area contributed by atoms with Crippen molar-refractivity contribution < 1.29 is 19.8 Å². The minimum atomic E-state index is 0.614. The van der Waals surface area contributed by atoms with E-state index in [1.807, 2.05) is 45.0 Å². The number of rotatable bonds is 7. The third-order valence-electron chi connectivity index (χ3n) is 2.36. The maximum Gasteiger partial charge on any atom is 0.169 e. The topological polar surface area (TPSA) is 47.5 Å². The van der Waals surface area contributed by atoms with E-state index in [1.165, 1.54) is 0 Å². The molecule has 0 amide bonds. The molecule has 0 aromatic heterocycles. The largest absolute Gasteiger partial charge is 0.491 e. The highest BCUT2D eigenvalue weighted by atomic mass is 16.6. The van der Waals surface area contributed by atoms with Crippen molar-refractivity contribution in [1.29, 1.82) is 0 Å². The predicted octanol–water partition coefficient (Wildman–Crippen LogP) is 1.31. The summed E-state index contributed by atoms with van der Waals surface area (Å²) in [4.78, 5) is 7.04. The summed E-state index contributed by atoms with van der Waals surface area (Å²) < 4.78 is 11.4. The van der Waals surface area contributed by atoms with Crippen molar-refractivity contribution >= 4 is 11.4 Å². The quantitative estimate of drug-likeness (QED) is 0.589.